The molecule has 0 unspecified atom stereocenters. The van der Waals surface area contributed by atoms with Crippen molar-refractivity contribution in [2.75, 3.05) is 5.43 Å². The van der Waals surface area contributed by atoms with E-state index in [0.717, 1.165) is 16.5 Å². The molecule has 4 aromatic rings. The zero-order chi connectivity index (χ0) is 19.5. The third-order valence-electron chi connectivity index (χ3n) is 4.05. The number of hydrogen-bond acceptors (Lipinski definition) is 4. The second-order valence-corrected chi connectivity index (χ2v) is 7.18. The first-order valence-electron chi connectivity index (χ1n) is 8.37. The van der Waals surface area contributed by atoms with Crippen molar-refractivity contribution in [3.63, 3.8) is 0 Å². The van der Waals surface area contributed by atoms with Gasteiger partial charge in [0.05, 0.1) is 16.8 Å². The minimum atomic E-state index is 0.480. The third kappa shape index (κ3) is 3.94. The summed E-state index contributed by atoms with van der Waals surface area (Å²) in [5.74, 6) is 1.05. The molecule has 4 nitrogen and oxygen atoms in total. The largest absolute Gasteiger partial charge is 0.261 e. The Labute approximate surface area is 176 Å². The molecule has 3 aromatic carbocycles. The number of benzene rings is 3. The van der Waals surface area contributed by atoms with Gasteiger partial charge in [-0.05, 0) is 36.4 Å². The Kier molecular flexibility index (Phi) is 5.44. The van der Waals surface area contributed by atoms with E-state index in [2.05, 4.69) is 20.5 Å². The van der Waals surface area contributed by atoms with Crippen LogP contribution in [0.25, 0.3) is 22.3 Å². The first-order chi connectivity index (χ1) is 13.6. The van der Waals surface area contributed by atoms with Gasteiger partial charge in [-0.15, -0.1) is 0 Å². The van der Waals surface area contributed by atoms with Crippen molar-refractivity contribution in [1.82, 2.24) is 9.97 Å². The lowest BCUT2D eigenvalue weighted by molar-refractivity contribution is 1.19. The molecule has 1 heterocycles. The van der Waals surface area contributed by atoms with Crippen LogP contribution in [0.1, 0.15) is 5.56 Å². The van der Waals surface area contributed by atoms with Crippen molar-refractivity contribution in [2.45, 2.75) is 0 Å². The predicted molar refractivity (Wildman–Crippen MR) is 118 cm³/mol. The molecular formula is C21H13Cl3N4. The van der Waals surface area contributed by atoms with E-state index < -0.39 is 0 Å². The maximum atomic E-state index is 6.34. The van der Waals surface area contributed by atoms with Gasteiger partial charge in [0.25, 0.3) is 0 Å². The van der Waals surface area contributed by atoms with Crippen LogP contribution >= 0.6 is 34.8 Å². The van der Waals surface area contributed by atoms with Crippen LogP contribution in [0.4, 0.5) is 5.82 Å². The van der Waals surface area contributed by atoms with Crippen LogP contribution in [-0.4, -0.2) is 16.2 Å². The van der Waals surface area contributed by atoms with E-state index in [1.807, 2.05) is 48.5 Å². The first-order valence-corrected chi connectivity index (χ1v) is 9.51. The predicted octanol–water partition coefficient (Wildman–Crippen LogP) is 6.70. The average Bonchev–Trinajstić information content (AvgIpc) is 2.69. The molecule has 0 radical (unpaired) electrons. The van der Waals surface area contributed by atoms with Crippen LogP contribution in [0.3, 0.4) is 0 Å². The number of rotatable bonds is 4. The standard InChI is InChI=1S/C21H13Cl3N4/c22-14-9-10-15(18(24)11-14)20-26-19-8-4-2-6-16(19)21(27-20)28-25-12-13-5-1-3-7-17(13)23/h1-12H,(H,26,27,28)/b25-12+. The fraction of sp³-hybridized carbons (Fsp3) is 0. The third-order valence-corrected chi connectivity index (χ3v) is 4.95. The summed E-state index contributed by atoms with van der Waals surface area (Å²) in [5.41, 5.74) is 5.26. The van der Waals surface area contributed by atoms with E-state index in [1.54, 1.807) is 24.4 Å². The van der Waals surface area contributed by atoms with Crippen LogP contribution in [0.2, 0.25) is 15.1 Å². The normalized spacial score (nSPS) is 11.2. The molecule has 0 aliphatic rings. The molecule has 0 bridgehead atoms. The molecule has 0 aliphatic heterocycles. The monoisotopic (exact) mass is 426 g/mol. The van der Waals surface area contributed by atoms with Crippen molar-refractivity contribution >= 4 is 57.7 Å². The lowest BCUT2D eigenvalue weighted by Gasteiger charge is -2.09. The molecule has 0 saturated heterocycles. The smallest absolute Gasteiger partial charge is 0.163 e. The minimum absolute atomic E-state index is 0.480. The quantitative estimate of drug-likeness (QED) is 0.291. The molecule has 0 fully saturated rings. The lowest BCUT2D eigenvalue weighted by Crippen LogP contribution is -1.99. The molecule has 0 saturated carbocycles. The highest BCUT2D eigenvalue weighted by Gasteiger charge is 2.12. The molecule has 1 aromatic heterocycles. The van der Waals surface area contributed by atoms with Crippen molar-refractivity contribution in [3.05, 3.63) is 87.4 Å². The fourth-order valence-electron chi connectivity index (χ4n) is 2.70. The molecule has 0 spiro atoms. The first kappa shape index (κ1) is 18.7. The maximum Gasteiger partial charge on any atom is 0.163 e. The summed E-state index contributed by atoms with van der Waals surface area (Å²) in [6.45, 7) is 0. The van der Waals surface area contributed by atoms with Crippen LogP contribution < -0.4 is 5.43 Å². The Morgan fingerprint density at radius 1 is 0.821 bits per heavy atom. The summed E-state index contributed by atoms with van der Waals surface area (Å²) in [6.07, 6.45) is 1.65. The number of para-hydroxylation sites is 1. The van der Waals surface area contributed by atoms with Crippen molar-refractivity contribution in [1.29, 1.82) is 0 Å². The van der Waals surface area contributed by atoms with Gasteiger partial charge in [-0.25, -0.2) is 9.97 Å². The van der Waals surface area contributed by atoms with Crippen LogP contribution in [0.5, 0.6) is 0 Å². The SMILES string of the molecule is Clc1ccc(-c2nc(N/N=C/c3ccccc3Cl)c3ccccc3n2)c(Cl)c1. The van der Waals surface area contributed by atoms with Gasteiger partial charge in [0.1, 0.15) is 0 Å². The topological polar surface area (TPSA) is 50.2 Å². The summed E-state index contributed by atoms with van der Waals surface area (Å²) < 4.78 is 0. The Hall–Kier alpha value is -2.66. The average molecular weight is 428 g/mol. The van der Waals surface area contributed by atoms with Gasteiger partial charge >= 0.3 is 0 Å². The molecule has 0 atom stereocenters. The highest BCUT2D eigenvalue weighted by atomic mass is 35.5. The molecule has 0 amide bonds. The van der Waals surface area contributed by atoms with Crippen LogP contribution in [-0.2, 0) is 0 Å². The van der Waals surface area contributed by atoms with Crippen molar-refractivity contribution in [2.24, 2.45) is 5.10 Å². The Bertz CT molecular complexity index is 1190. The molecule has 28 heavy (non-hydrogen) atoms. The molecule has 1 N–H and O–H groups in total. The zero-order valence-electron chi connectivity index (χ0n) is 14.4. The summed E-state index contributed by atoms with van der Waals surface area (Å²) in [6, 6.07) is 20.3. The summed E-state index contributed by atoms with van der Waals surface area (Å²) in [7, 11) is 0. The van der Waals surface area contributed by atoms with E-state index in [9.17, 15) is 0 Å². The Morgan fingerprint density at radius 3 is 2.43 bits per heavy atom. The van der Waals surface area contributed by atoms with Crippen molar-refractivity contribution < 1.29 is 0 Å². The minimum Gasteiger partial charge on any atom is -0.261 e. The molecule has 0 aliphatic carbocycles. The summed E-state index contributed by atoms with van der Waals surface area (Å²) in [4.78, 5) is 9.24. The van der Waals surface area contributed by atoms with Gasteiger partial charge in [0.15, 0.2) is 11.6 Å². The van der Waals surface area contributed by atoms with Crippen LogP contribution in [0.15, 0.2) is 71.8 Å². The van der Waals surface area contributed by atoms with Crippen molar-refractivity contribution in [3.8, 4) is 11.4 Å². The molecule has 138 valence electrons. The Morgan fingerprint density at radius 2 is 1.61 bits per heavy atom. The number of anilines is 1. The number of nitrogens with one attached hydrogen (secondary N) is 1. The highest BCUT2D eigenvalue weighted by molar-refractivity contribution is 6.36. The highest BCUT2D eigenvalue weighted by Crippen LogP contribution is 2.31. The van der Waals surface area contributed by atoms with Crippen LogP contribution in [0, 0.1) is 0 Å². The lowest BCUT2D eigenvalue weighted by atomic mass is 10.2. The summed E-state index contributed by atoms with van der Waals surface area (Å²) >= 11 is 18.5. The van der Waals surface area contributed by atoms with E-state index in [0.29, 0.717) is 32.3 Å². The number of hydrazone groups is 1. The van der Waals surface area contributed by atoms with E-state index in [-0.39, 0.29) is 0 Å². The van der Waals surface area contributed by atoms with E-state index in [4.69, 9.17) is 34.8 Å². The van der Waals surface area contributed by atoms with Gasteiger partial charge < -0.3 is 0 Å². The Balaban J connectivity index is 1.75. The number of aromatic nitrogens is 2. The van der Waals surface area contributed by atoms with Gasteiger partial charge in [0, 0.05) is 26.6 Å². The molecular weight excluding hydrogens is 415 g/mol. The molecule has 4 rings (SSSR count). The number of halogens is 3. The second kappa shape index (κ2) is 8.15. The fourth-order valence-corrected chi connectivity index (χ4v) is 3.37. The maximum absolute atomic E-state index is 6.34. The van der Waals surface area contributed by atoms with Gasteiger partial charge in [-0.1, -0.05) is 65.1 Å². The molecule has 7 heteroatoms. The second-order valence-electron chi connectivity index (χ2n) is 5.93. The van der Waals surface area contributed by atoms with E-state index in [1.165, 1.54) is 0 Å². The van der Waals surface area contributed by atoms with Gasteiger partial charge in [-0.2, -0.15) is 5.10 Å². The zero-order valence-corrected chi connectivity index (χ0v) is 16.7. The summed E-state index contributed by atoms with van der Waals surface area (Å²) in [5, 5.41) is 6.78. The number of hydrogen-bond donors (Lipinski definition) is 1. The number of fused-ring (bicyclic) bond motifs is 1. The number of nitrogens with zero attached hydrogens (tertiary/aromatic N) is 3. The van der Waals surface area contributed by atoms with E-state index >= 15 is 0 Å². The van der Waals surface area contributed by atoms with Gasteiger partial charge in [0.2, 0.25) is 0 Å². The van der Waals surface area contributed by atoms with Gasteiger partial charge in [-0.3, -0.25) is 5.43 Å².